The Hall–Kier alpha value is -2.57. The second-order valence-corrected chi connectivity index (χ2v) is 9.00. The highest BCUT2D eigenvalue weighted by Gasteiger charge is 2.32. The van der Waals surface area contributed by atoms with Crippen LogP contribution in [0.15, 0.2) is 48.5 Å². The molecule has 2 aromatic carbocycles. The Balaban J connectivity index is 1.22. The minimum atomic E-state index is 0.0397. The van der Waals surface area contributed by atoms with Crippen molar-refractivity contribution in [3.8, 4) is 5.75 Å². The average molecular weight is 456 g/mol. The third kappa shape index (κ3) is 5.43. The number of rotatable bonds is 5. The number of hydrogen-bond donors (Lipinski definition) is 1. The molecular formula is C25H30ClN3O3. The van der Waals surface area contributed by atoms with E-state index in [0.717, 1.165) is 63.3 Å². The van der Waals surface area contributed by atoms with Crippen LogP contribution in [-0.2, 0) is 4.79 Å². The third-order valence-corrected chi connectivity index (χ3v) is 6.83. The fourth-order valence-corrected chi connectivity index (χ4v) is 4.87. The standard InChI is InChI=1S/C25H30ClN3O3/c1-32-23-7-5-21(6-8-23)27-24(30)18-9-13-28(14-10-18)22-11-15-29(16-12-22)25(31)19-3-2-4-20(26)17-19/h2-8,17-18,22H,9-16H2,1H3,(H,27,30). The van der Waals surface area contributed by atoms with Crippen LogP contribution >= 0.6 is 11.6 Å². The topological polar surface area (TPSA) is 61.9 Å². The van der Waals surface area contributed by atoms with Crippen LogP contribution in [0.25, 0.3) is 0 Å². The van der Waals surface area contributed by atoms with Crippen molar-refractivity contribution in [3.05, 3.63) is 59.1 Å². The summed E-state index contributed by atoms with van der Waals surface area (Å²) in [4.78, 5) is 29.8. The molecule has 170 valence electrons. The van der Waals surface area contributed by atoms with E-state index < -0.39 is 0 Å². The van der Waals surface area contributed by atoms with Gasteiger partial charge in [0.05, 0.1) is 7.11 Å². The van der Waals surface area contributed by atoms with Gasteiger partial charge in [0.1, 0.15) is 5.75 Å². The zero-order valence-corrected chi connectivity index (χ0v) is 19.2. The van der Waals surface area contributed by atoms with Crippen LogP contribution in [0, 0.1) is 5.92 Å². The smallest absolute Gasteiger partial charge is 0.253 e. The van der Waals surface area contributed by atoms with Crippen LogP contribution < -0.4 is 10.1 Å². The lowest BCUT2D eigenvalue weighted by Gasteiger charge is -2.41. The zero-order valence-electron chi connectivity index (χ0n) is 18.4. The van der Waals surface area contributed by atoms with Crippen LogP contribution in [0.2, 0.25) is 5.02 Å². The van der Waals surface area contributed by atoms with Crippen molar-refractivity contribution < 1.29 is 14.3 Å². The Morgan fingerprint density at radius 3 is 2.28 bits per heavy atom. The Morgan fingerprint density at radius 1 is 0.969 bits per heavy atom. The molecule has 32 heavy (non-hydrogen) atoms. The summed E-state index contributed by atoms with van der Waals surface area (Å²) in [6, 6.07) is 15.1. The summed E-state index contributed by atoms with van der Waals surface area (Å²) < 4.78 is 5.16. The van der Waals surface area contributed by atoms with Crippen molar-refractivity contribution >= 4 is 29.1 Å². The molecule has 7 heteroatoms. The van der Waals surface area contributed by atoms with E-state index in [2.05, 4.69) is 10.2 Å². The number of piperidine rings is 2. The molecule has 0 radical (unpaired) electrons. The summed E-state index contributed by atoms with van der Waals surface area (Å²) >= 11 is 6.03. The Kier molecular flexibility index (Phi) is 7.33. The number of methoxy groups -OCH3 is 1. The van der Waals surface area contributed by atoms with Crippen LogP contribution in [0.4, 0.5) is 5.69 Å². The highest BCUT2D eigenvalue weighted by molar-refractivity contribution is 6.30. The lowest BCUT2D eigenvalue weighted by Crippen LogP contribution is -2.49. The normalized spacial score (nSPS) is 18.4. The number of anilines is 1. The first-order chi connectivity index (χ1) is 15.5. The molecule has 0 saturated carbocycles. The van der Waals surface area contributed by atoms with Gasteiger partial charge in [0.2, 0.25) is 5.91 Å². The van der Waals surface area contributed by atoms with Gasteiger partial charge in [-0.1, -0.05) is 17.7 Å². The molecular weight excluding hydrogens is 426 g/mol. The van der Waals surface area contributed by atoms with Crippen molar-refractivity contribution in [3.63, 3.8) is 0 Å². The molecule has 0 unspecified atom stereocenters. The van der Waals surface area contributed by atoms with Gasteiger partial charge in [-0.05, 0) is 81.2 Å². The number of amides is 2. The van der Waals surface area contributed by atoms with E-state index in [-0.39, 0.29) is 17.7 Å². The minimum Gasteiger partial charge on any atom is -0.497 e. The Labute approximate surface area is 194 Å². The number of likely N-dealkylation sites (tertiary alicyclic amines) is 2. The molecule has 1 N–H and O–H groups in total. The maximum absolute atomic E-state index is 12.7. The van der Waals surface area contributed by atoms with Crippen molar-refractivity contribution in [2.45, 2.75) is 31.7 Å². The fraction of sp³-hybridized carbons (Fsp3) is 0.440. The first-order valence-electron chi connectivity index (χ1n) is 11.3. The number of carbonyl (C=O) groups excluding carboxylic acids is 2. The molecule has 0 aliphatic carbocycles. The fourth-order valence-electron chi connectivity index (χ4n) is 4.68. The van der Waals surface area contributed by atoms with Gasteiger partial charge < -0.3 is 19.9 Å². The number of carbonyl (C=O) groups is 2. The van der Waals surface area contributed by atoms with Gasteiger partial charge in [-0.3, -0.25) is 9.59 Å². The van der Waals surface area contributed by atoms with Crippen molar-refractivity contribution in [1.82, 2.24) is 9.80 Å². The molecule has 0 aromatic heterocycles. The summed E-state index contributed by atoms with van der Waals surface area (Å²) in [5.74, 6) is 0.964. The van der Waals surface area contributed by atoms with Gasteiger partial charge in [0.15, 0.2) is 0 Å². The summed E-state index contributed by atoms with van der Waals surface area (Å²) in [6.07, 6.45) is 3.66. The van der Waals surface area contributed by atoms with E-state index in [1.807, 2.05) is 41.3 Å². The predicted octanol–water partition coefficient (Wildman–Crippen LogP) is 4.30. The Morgan fingerprint density at radius 2 is 1.66 bits per heavy atom. The van der Waals surface area contributed by atoms with E-state index in [9.17, 15) is 9.59 Å². The van der Waals surface area contributed by atoms with E-state index in [1.54, 1.807) is 19.2 Å². The number of nitrogens with zero attached hydrogens (tertiary/aromatic N) is 2. The lowest BCUT2D eigenvalue weighted by molar-refractivity contribution is -0.121. The largest absolute Gasteiger partial charge is 0.497 e. The second kappa shape index (κ2) is 10.4. The van der Waals surface area contributed by atoms with E-state index in [0.29, 0.717) is 16.6 Å². The Bertz CT molecular complexity index is 934. The van der Waals surface area contributed by atoms with E-state index in [1.165, 1.54) is 0 Å². The first-order valence-corrected chi connectivity index (χ1v) is 11.6. The maximum Gasteiger partial charge on any atom is 0.253 e. The number of benzene rings is 2. The van der Waals surface area contributed by atoms with Crippen molar-refractivity contribution in [2.75, 3.05) is 38.6 Å². The molecule has 4 rings (SSSR count). The third-order valence-electron chi connectivity index (χ3n) is 6.60. The molecule has 2 heterocycles. The van der Waals surface area contributed by atoms with Gasteiger partial charge in [0, 0.05) is 41.3 Å². The number of hydrogen-bond acceptors (Lipinski definition) is 4. The second-order valence-electron chi connectivity index (χ2n) is 8.56. The average Bonchev–Trinajstić information content (AvgIpc) is 2.84. The zero-order chi connectivity index (χ0) is 22.5. The summed E-state index contributed by atoms with van der Waals surface area (Å²) in [5, 5.41) is 3.62. The first kappa shape index (κ1) is 22.6. The lowest BCUT2D eigenvalue weighted by atomic mass is 9.92. The molecule has 2 aliphatic heterocycles. The quantitative estimate of drug-likeness (QED) is 0.730. The highest BCUT2D eigenvalue weighted by Crippen LogP contribution is 2.26. The van der Waals surface area contributed by atoms with Crippen LogP contribution in [0.1, 0.15) is 36.0 Å². The molecule has 0 atom stereocenters. The molecule has 2 fully saturated rings. The summed E-state index contributed by atoms with van der Waals surface area (Å²) in [7, 11) is 1.63. The molecule has 2 aliphatic rings. The number of halogens is 1. The van der Waals surface area contributed by atoms with Crippen molar-refractivity contribution in [1.29, 1.82) is 0 Å². The molecule has 2 saturated heterocycles. The highest BCUT2D eigenvalue weighted by atomic mass is 35.5. The minimum absolute atomic E-state index is 0.0397. The monoisotopic (exact) mass is 455 g/mol. The molecule has 0 bridgehead atoms. The van der Waals surface area contributed by atoms with Crippen LogP contribution in [0.5, 0.6) is 5.75 Å². The maximum atomic E-state index is 12.7. The number of ether oxygens (including phenoxy) is 1. The van der Waals surface area contributed by atoms with E-state index in [4.69, 9.17) is 16.3 Å². The van der Waals surface area contributed by atoms with E-state index >= 15 is 0 Å². The molecule has 2 aromatic rings. The van der Waals surface area contributed by atoms with Crippen molar-refractivity contribution in [2.24, 2.45) is 5.92 Å². The number of nitrogens with one attached hydrogen (secondary N) is 1. The summed E-state index contributed by atoms with van der Waals surface area (Å²) in [6.45, 7) is 3.36. The SMILES string of the molecule is COc1ccc(NC(=O)C2CCN(C3CCN(C(=O)c4cccc(Cl)c4)CC3)CC2)cc1. The van der Waals surface area contributed by atoms with Gasteiger partial charge in [0.25, 0.3) is 5.91 Å². The van der Waals surface area contributed by atoms with Crippen LogP contribution in [-0.4, -0.2) is 60.9 Å². The molecule has 6 nitrogen and oxygen atoms in total. The summed E-state index contributed by atoms with van der Waals surface area (Å²) in [5.41, 5.74) is 1.45. The van der Waals surface area contributed by atoms with Crippen LogP contribution in [0.3, 0.4) is 0 Å². The van der Waals surface area contributed by atoms with Gasteiger partial charge >= 0.3 is 0 Å². The van der Waals surface area contributed by atoms with Gasteiger partial charge in [-0.15, -0.1) is 0 Å². The molecule has 0 spiro atoms. The van der Waals surface area contributed by atoms with Gasteiger partial charge in [-0.25, -0.2) is 0 Å². The predicted molar refractivity (Wildman–Crippen MR) is 126 cm³/mol. The molecule has 2 amide bonds. The van der Waals surface area contributed by atoms with Gasteiger partial charge in [-0.2, -0.15) is 0 Å².